The van der Waals surface area contributed by atoms with Crippen LogP contribution >= 0.6 is 0 Å². The molecule has 1 heterocycles. The molecule has 1 saturated carbocycles. The molecule has 23 heavy (non-hydrogen) atoms. The summed E-state index contributed by atoms with van der Waals surface area (Å²) in [7, 11) is 0. The molecule has 0 unspecified atom stereocenters. The van der Waals surface area contributed by atoms with Gasteiger partial charge in [0.25, 0.3) is 5.56 Å². The van der Waals surface area contributed by atoms with Crippen molar-refractivity contribution in [3.05, 3.63) is 28.6 Å². The van der Waals surface area contributed by atoms with Gasteiger partial charge in [0.15, 0.2) is 0 Å². The highest BCUT2D eigenvalue weighted by Crippen LogP contribution is 2.28. The summed E-state index contributed by atoms with van der Waals surface area (Å²) in [5.41, 5.74) is -0.239. The summed E-state index contributed by atoms with van der Waals surface area (Å²) in [5, 5.41) is 8.02. The molecule has 0 radical (unpaired) electrons. The lowest BCUT2D eigenvalue weighted by Gasteiger charge is -2.18. The molecule has 1 fully saturated rings. The predicted molar refractivity (Wildman–Crippen MR) is 88.2 cm³/mol. The van der Waals surface area contributed by atoms with Crippen LogP contribution in [0.3, 0.4) is 0 Å². The van der Waals surface area contributed by atoms with Crippen molar-refractivity contribution in [2.24, 2.45) is 0 Å². The van der Waals surface area contributed by atoms with E-state index in [4.69, 9.17) is 0 Å². The number of amides is 2. The van der Waals surface area contributed by atoms with E-state index >= 15 is 0 Å². The fraction of sp³-hybridized carbons (Fsp3) is 0.562. The van der Waals surface area contributed by atoms with E-state index in [2.05, 4.69) is 15.7 Å². The second kappa shape index (κ2) is 8.36. The molecule has 0 aliphatic heterocycles. The van der Waals surface area contributed by atoms with Gasteiger partial charge in [-0.25, -0.2) is 0 Å². The van der Waals surface area contributed by atoms with Gasteiger partial charge in [-0.2, -0.15) is 0 Å². The molecule has 1 aromatic rings. The third kappa shape index (κ3) is 5.12. The van der Waals surface area contributed by atoms with Crippen LogP contribution in [0, 0.1) is 0 Å². The fourth-order valence-corrected chi connectivity index (χ4v) is 2.86. The third-order valence-corrected chi connectivity index (χ3v) is 3.94. The van der Waals surface area contributed by atoms with Crippen molar-refractivity contribution in [2.45, 2.75) is 51.5 Å². The highest BCUT2D eigenvalue weighted by molar-refractivity contribution is 6.03. The van der Waals surface area contributed by atoms with Gasteiger partial charge in [-0.3, -0.25) is 24.2 Å². The SMILES string of the molecule is CCNC(=O)/C=C\C(=O)Nc1cc(=O)[nH]n1C1CCCCCC1. The van der Waals surface area contributed by atoms with Gasteiger partial charge in [0.1, 0.15) is 5.82 Å². The van der Waals surface area contributed by atoms with Crippen LogP contribution in [0.15, 0.2) is 23.0 Å². The van der Waals surface area contributed by atoms with Crippen molar-refractivity contribution in [2.75, 3.05) is 11.9 Å². The molecule has 2 amide bonds. The number of anilines is 1. The minimum atomic E-state index is -0.433. The number of carbonyl (C=O) groups excluding carboxylic acids is 2. The molecule has 3 N–H and O–H groups in total. The summed E-state index contributed by atoms with van der Waals surface area (Å²) in [5.74, 6) is -0.303. The number of hydrogen-bond donors (Lipinski definition) is 3. The van der Waals surface area contributed by atoms with Crippen molar-refractivity contribution in [1.82, 2.24) is 15.1 Å². The van der Waals surface area contributed by atoms with E-state index in [0.717, 1.165) is 25.7 Å². The van der Waals surface area contributed by atoms with Crippen LogP contribution in [0.1, 0.15) is 51.5 Å². The summed E-state index contributed by atoms with van der Waals surface area (Å²) < 4.78 is 1.76. The van der Waals surface area contributed by atoms with Gasteiger partial charge in [0.05, 0.1) is 6.04 Å². The lowest BCUT2D eigenvalue weighted by molar-refractivity contribution is -0.117. The topological polar surface area (TPSA) is 96.0 Å². The van der Waals surface area contributed by atoms with Crippen molar-refractivity contribution >= 4 is 17.6 Å². The number of nitrogens with one attached hydrogen (secondary N) is 3. The molecule has 7 heteroatoms. The average Bonchev–Trinajstić information content (AvgIpc) is 2.73. The molecule has 7 nitrogen and oxygen atoms in total. The maximum atomic E-state index is 11.9. The molecule has 1 aliphatic carbocycles. The smallest absolute Gasteiger partial charge is 0.266 e. The highest BCUT2D eigenvalue weighted by Gasteiger charge is 2.18. The Morgan fingerprint density at radius 3 is 2.52 bits per heavy atom. The summed E-state index contributed by atoms with van der Waals surface area (Å²) in [6.07, 6.45) is 8.98. The Balaban J connectivity index is 2.06. The summed E-state index contributed by atoms with van der Waals surface area (Å²) in [6.45, 7) is 2.31. The van der Waals surface area contributed by atoms with Gasteiger partial charge in [-0.1, -0.05) is 25.7 Å². The van der Waals surface area contributed by atoms with E-state index in [1.54, 1.807) is 11.6 Å². The van der Waals surface area contributed by atoms with Crippen LogP contribution in [-0.2, 0) is 9.59 Å². The van der Waals surface area contributed by atoms with E-state index in [1.807, 2.05) is 0 Å². The number of hydrogen-bond acceptors (Lipinski definition) is 3. The van der Waals surface area contributed by atoms with Gasteiger partial charge >= 0.3 is 0 Å². The van der Waals surface area contributed by atoms with Crippen LogP contribution in [0.25, 0.3) is 0 Å². The van der Waals surface area contributed by atoms with Gasteiger partial charge in [-0.05, 0) is 19.8 Å². The zero-order valence-corrected chi connectivity index (χ0v) is 13.4. The lowest BCUT2D eigenvalue weighted by Crippen LogP contribution is -2.21. The molecular weight excluding hydrogens is 296 g/mol. The van der Waals surface area contributed by atoms with Crippen LogP contribution in [0.2, 0.25) is 0 Å². The third-order valence-electron chi connectivity index (χ3n) is 3.94. The molecular formula is C16H24N4O3. The van der Waals surface area contributed by atoms with E-state index in [0.29, 0.717) is 12.4 Å². The quantitative estimate of drug-likeness (QED) is 0.569. The van der Waals surface area contributed by atoms with E-state index in [9.17, 15) is 14.4 Å². The Morgan fingerprint density at radius 2 is 1.87 bits per heavy atom. The van der Waals surface area contributed by atoms with E-state index < -0.39 is 5.91 Å². The van der Waals surface area contributed by atoms with Crippen LogP contribution < -0.4 is 16.2 Å². The fourth-order valence-electron chi connectivity index (χ4n) is 2.86. The van der Waals surface area contributed by atoms with E-state index in [-0.39, 0.29) is 17.5 Å². The zero-order valence-electron chi connectivity index (χ0n) is 13.4. The van der Waals surface area contributed by atoms with Crippen molar-refractivity contribution in [3.8, 4) is 0 Å². The average molecular weight is 320 g/mol. The second-order valence-electron chi connectivity index (χ2n) is 5.74. The number of rotatable bonds is 5. The zero-order chi connectivity index (χ0) is 16.7. The lowest BCUT2D eigenvalue weighted by atomic mass is 10.1. The Hall–Kier alpha value is -2.31. The van der Waals surface area contributed by atoms with Gasteiger partial charge in [0, 0.05) is 24.8 Å². The minimum absolute atomic E-state index is 0.197. The van der Waals surface area contributed by atoms with Gasteiger partial charge in [0.2, 0.25) is 11.8 Å². The highest BCUT2D eigenvalue weighted by atomic mass is 16.2. The standard InChI is InChI=1S/C16H24N4O3/c1-2-17-14(21)9-10-15(22)18-13-11-16(23)19-20(13)12-7-5-3-4-6-8-12/h9-12H,2-8H2,1H3,(H,17,21)(H,18,22)(H,19,23)/b10-9-. The van der Waals surface area contributed by atoms with Crippen LogP contribution in [0.5, 0.6) is 0 Å². The summed E-state index contributed by atoms with van der Waals surface area (Å²) in [6, 6.07) is 1.57. The van der Waals surface area contributed by atoms with Gasteiger partial charge in [-0.15, -0.1) is 0 Å². The first-order chi connectivity index (χ1) is 11.1. The Bertz CT molecular complexity index is 622. The molecule has 126 valence electrons. The number of likely N-dealkylation sites (N-methyl/N-ethyl adjacent to an activating group) is 1. The van der Waals surface area contributed by atoms with Crippen molar-refractivity contribution < 1.29 is 9.59 Å². The van der Waals surface area contributed by atoms with Gasteiger partial charge < -0.3 is 10.6 Å². The molecule has 1 aliphatic rings. The second-order valence-corrected chi connectivity index (χ2v) is 5.74. The molecule has 1 aromatic heterocycles. The van der Waals surface area contributed by atoms with Crippen LogP contribution in [-0.4, -0.2) is 28.1 Å². The van der Waals surface area contributed by atoms with E-state index in [1.165, 1.54) is 31.1 Å². The Kier molecular flexibility index (Phi) is 6.19. The first-order valence-corrected chi connectivity index (χ1v) is 8.18. The Labute approximate surface area is 135 Å². The van der Waals surface area contributed by atoms with Crippen molar-refractivity contribution in [1.29, 1.82) is 0 Å². The predicted octanol–water partition coefficient (Wildman–Crippen LogP) is 1.70. The van der Waals surface area contributed by atoms with Crippen molar-refractivity contribution in [3.63, 3.8) is 0 Å². The molecule has 0 aromatic carbocycles. The summed E-state index contributed by atoms with van der Waals surface area (Å²) >= 11 is 0. The monoisotopic (exact) mass is 320 g/mol. The maximum absolute atomic E-state index is 11.9. The number of nitrogens with zero attached hydrogens (tertiary/aromatic N) is 1. The molecule has 0 atom stereocenters. The minimum Gasteiger partial charge on any atom is -0.353 e. The maximum Gasteiger partial charge on any atom is 0.266 e. The first kappa shape index (κ1) is 17.1. The number of H-pyrrole nitrogens is 1. The number of aromatic amines is 1. The molecule has 0 bridgehead atoms. The molecule has 0 saturated heterocycles. The largest absolute Gasteiger partial charge is 0.353 e. The number of carbonyl (C=O) groups is 2. The van der Waals surface area contributed by atoms with Crippen LogP contribution in [0.4, 0.5) is 5.82 Å². The normalized spacial score (nSPS) is 16.2. The summed E-state index contributed by atoms with van der Waals surface area (Å²) in [4.78, 5) is 34.9. The number of aromatic nitrogens is 2. The Morgan fingerprint density at radius 1 is 1.22 bits per heavy atom. The molecule has 2 rings (SSSR count). The molecule has 0 spiro atoms. The first-order valence-electron chi connectivity index (χ1n) is 8.18.